The molecule has 18 heavy (non-hydrogen) atoms. The molecule has 0 fully saturated rings. The quantitative estimate of drug-likeness (QED) is 0.840. The number of thiazole rings is 1. The first-order chi connectivity index (χ1) is 8.69. The van der Waals surface area contributed by atoms with Crippen molar-refractivity contribution in [2.24, 2.45) is 0 Å². The van der Waals surface area contributed by atoms with Crippen molar-refractivity contribution in [3.8, 4) is 0 Å². The number of nitrogens with one attached hydrogen (secondary N) is 1. The lowest BCUT2D eigenvalue weighted by Crippen LogP contribution is -2.10. The topological polar surface area (TPSA) is 94.1 Å². The van der Waals surface area contributed by atoms with Gasteiger partial charge in [0.25, 0.3) is 5.91 Å². The number of esters is 1. The molecule has 9 heteroatoms. The molecule has 1 amide bonds. The highest BCUT2D eigenvalue weighted by atomic mass is 32.1. The molecule has 7 nitrogen and oxygen atoms in total. The third kappa shape index (κ3) is 3.08. The van der Waals surface area contributed by atoms with E-state index in [9.17, 15) is 9.59 Å². The van der Waals surface area contributed by atoms with Gasteiger partial charge in [0, 0.05) is 5.38 Å². The van der Waals surface area contributed by atoms with E-state index in [-0.39, 0.29) is 18.3 Å². The van der Waals surface area contributed by atoms with Crippen molar-refractivity contribution in [3.63, 3.8) is 0 Å². The number of aromatic nitrogens is 3. The minimum Gasteiger partial charge on any atom is -0.469 e. The van der Waals surface area contributed by atoms with Crippen LogP contribution in [0.1, 0.15) is 15.4 Å². The third-order valence-corrected chi connectivity index (χ3v) is 3.38. The van der Waals surface area contributed by atoms with Crippen LogP contribution in [-0.2, 0) is 16.0 Å². The highest BCUT2D eigenvalue weighted by Crippen LogP contribution is 2.17. The Labute approximate surface area is 110 Å². The molecule has 0 aromatic carbocycles. The lowest BCUT2D eigenvalue weighted by molar-refractivity contribution is -0.139. The molecule has 2 rings (SSSR count). The molecule has 0 saturated carbocycles. The number of carbonyl (C=O) groups excluding carboxylic acids is 2. The van der Waals surface area contributed by atoms with Gasteiger partial charge in [0.15, 0.2) is 5.13 Å². The smallest absolute Gasteiger partial charge is 0.311 e. The summed E-state index contributed by atoms with van der Waals surface area (Å²) in [5.41, 5.74) is 0.560. The molecular weight excluding hydrogens is 276 g/mol. The van der Waals surface area contributed by atoms with Crippen molar-refractivity contribution >= 4 is 39.9 Å². The first-order valence-electron chi connectivity index (χ1n) is 4.79. The maximum absolute atomic E-state index is 11.7. The van der Waals surface area contributed by atoms with E-state index in [2.05, 4.69) is 24.6 Å². The number of amides is 1. The number of rotatable bonds is 4. The standard InChI is InChI=1S/C9H8N4O3S2/c1-16-7(14)2-5-4-17-9(11-5)12-8(15)6-3-10-13-18-6/h3-4H,2H2,1H3,(H,11,12,15). The summed E-state index contributed by atoms with van der Waals surface area (Å²) < 4.78 is 8.12. The normalized spacial score (nSPS) is 10.1. The molecule has 0 aliphatic rings. The van der Waals surface area contributed by atoms with Crippen LogP contribution in [0.4, 0.5) is 5.13 Å². The van der Waals surface area contributed by atoms with Crippen LogP contribution in [0.5, 0.6) is 0 Å². The van der Waals surface area contributed by atoms with Crippen molar-refractivity contribution in [1.29, 1.82) is 0 Å². The van der Waals surface area contributed by atoms with Gasteiger partial charge in [-0.25, -0.2) is 4.98 Å². The highest BCUT2D eigenvalue weighted by molar-refractivity contribution is 7.14. The van der Waals surface area contributed by atoms with Crippen molar-refractivity contribution in [2.45, 2.75) is 6.42 Å². The Morgan fingerprint density at radius 2 is 2.33 bits per heavy atom. The fraction of sp³-hybridized carbons (Fsp3) is 0.222. The molecule has 0 aliphatic carbocycles. The van der Waals surface area contributed by atoms with Crippen LogP contribution < -0.4 is 5.32 Å². The summed E-state index contributed by atoms with van der Waals surface area (Å²) in [6.07, 6.45) is 1.47. The molecule has 2 aromatic rings. The van der Waals surface area contributed by atoms with Crippen molar-refractivity contribution in [3.05, 3.63) is 22.1 Å². The van der Waals surface area contributed by atoms with Gasteiger partial charge in [-0.2, -0.15) is 0 Å². The lowest BCUT2D eigenvalue weighted by Gasteiger charge is -1.97. The van der Waals surface area contributed by atoms with Gasteiger partial charge in [0.1, 0.15) is 4.88 Å². The minimum atomic E-state index is -0.371. The summed E-state index contributed by atoms with van der Waals surface area (Å²) >= 11 is 2.24. The van der Waals surface area contributed by atoms with Gasteiger partial charge >= 0.3 is 5.97 Å². The van der Waals surface area contributed by atoms with Gasteiger partial charge < -0.3 is 4.74 Å². The largest absolute Gasteiger partial charge is 0.469 e. The van der Waals surface area contributed by atoms with Gasteiger partial charge in [-0.3, -0.25) is 14.9 Å². The average molecular weight is 284 g/mol. The maximum Gasteiger partial charge on any atom is 0.311 e. The van der Waals surface area contributed by atoms with Crippen molar-refractivity contribution in [2.75, 3.05) is 12.4 Å². The van der Waals surface area contributed by atoms with Crippen LogP contribution in [0.15, 0.2) is 11.6 Å². The Morgan fingerprint density at radius 3 is 3.00 bits per heavy atom. The number of hydrogen-bond donors (Lipinski definition) is 1. The molecule has 0 bridgehead atoms. The van der Waals surface area contributed by atoms with Gasteiger partial charge in [-0.15, -0.1) is 16.4 Å². The Kier molecular flexibility index (Phi) is 3.95. The number of hydrogen-bond acceptors (Lipinski definition) is 8. The Morgan fingerprint density at radius 1 is 1.50 bits per heavy atom. The molecule has 0 spiro atoms. The minimum absolute atomic E-state index is 0.0883. The summed E-state index contributed by atoms with van der Waals surface area (Å²) in [5.74, 6) is -0.686. The second kappa shape index (κ2) is 5.65. The Balaban J connectivity index is 1.98. The van der Waals surface area contributed by atoms with E-state index in [1.165, 1.54) is 24.6 Å². The van der Waals surface area contributed by atoms with Crippen LogP contribution in [0, 0.1) is 0 Å². The Hall–Kier alpha value is -1.87. The second-order valence-electron chi connectivity index (χ2n) is 3.13. The van der Waals surface area contributed by atoms with E-state index in [0.29, 0.717) is 15.7 Å². The molecule has 2 heterocycles. The molecule has 0 radical (unpaired) electrons. The van der Waals surface area contributed by atoms with E-state index in [1.54, 1.807) is 5.38 Å². The van der Waals surface area contributed by atoms with Gasteiger partial charge in [-0.1, -0.05) is 4.49 Å². The highest BCUT2D eigenvalue weighted by Gasteiger charge is 2.12. The second-order valence-corrected chi connectivity index (χ2v) is 4.78. The molecule has 0 unspecified atom stereocenters. The van der Waals surface area contributed by atoms with Crippen LogP contribution in [-0.4, -0.2) is 33.6 Å². The molecule has 0 aliphatic heterocycles. The number of anilines is 1. The van der Waals surface area contributed by atoms with Crippen LogP contribution in [0.2, 0.25) is 0 Å². The van der Waals surface area contributed by atoms with E-state index in [1.807, 2.05) is 0 Å². The summed E-state index contributed by atoms with van der Waals surface area (Å²) in [6, 6.07) is 0. The van der Waals surface area contributed by atoms with Gasteiger partial charge in [0.2, 0.25) is 0 Å². The number of carbonyl (C=O) groups is 2. The Bertz CT molecular complexity index is 552. The van der Waals surface area contributed by atoms with Gasteiger partial charge in [0.05, 0.1) is 25.4 Å². The fourth-order valence-electron chi connectivity index (χ4n) is 1.09. The van der Waals surface area contributed by atoms with Gasteiger partial charge in [-0.05, 0) is 11.5 Å². The third-order valence-electron chi connectivity index (χ3n) is 1.91. The SMILES string of the molecule is COC(=O)Cc1csc(NC(=O)c2cnns2)n1. The molecule has 2 aromatic heterocycles. The maximum atomic E-state index is 11.7. The zero-order valence-corrected chi connectivity index (χ0v) is 10.9. The first kappa shape index (κ1) is 12.6. The fourth-order valence-corrected chi connectivity index (χ4v) is 2.21. The molecular formula is C9H8N4O3S2. The monoisotopic (exact) mass is 284 g/mol. The summed E-state index contributed by atoms with van der Waals surface area (Å²) in [6.45, 7) is 0. The van der Waals surface area contributed by atoms with E-state index < -0.39 is 0 Å². The van der Waals surface area contributed by atoms with E-state index in [0.717, 1.165) is 11.5 Å². The van der Waals surface area contributed by atoms with E-state index in [4.69, 9.17) is 0 Å². The summed E-state index contributed by atoms with van der Waals surface area (Å²) in [5, 5.41) is 8.29. The van der Waals surface area contributed by atoms with Crippen LogP contribution in [0.25, 0.3) is 0 Å². The molecule has 94 valence electrons. The molecule has 0 saturated heterocycles. The number of nitrogens with zero attached hydrogens (tertiary/aromatic N) is 3. The summed E-state index contributed by atoms with van der Waals surface area (Å²) in [7, 11) is 1.31. The molecule has 1 N–H and O–H groups in total. The lowest BCUT2D eigenvalue weighted by atomic mass is 10.3. The van der Waals surface area contributed by atoms with Crippen molar-refractivity contribution in [1.82, 2.24) is 14.6 Å². The number of ether oxygens (including phenoxy) is 1. The molecule has 0 atom stereocenters. The zero-order chi connectivity index (χ0) is 13.0. The predicted molar refractivity (Wildman–Crippen MR) is 65.7 cm³/mol. The first-order valence-corrected chi connectivity index (χ1v) is 6.44. The summed E-state index contributed by atoms with van der Waals surface area (Å²) in [4.78, 5) is 27.2. The zero-order valence-electron chi connectivity index (χ0n) is 9.24. The van der Waals surface area contributed by atoms with Crippen molar-refractivity contribution < 1.29 is 14.3 Å². The van der Waals surface area contributed by atoms with E-state index >= 15 is 0 Å². The van der Waals surface area contributed by atoms with Crippen LogP contribution in [0.3, 0.4) is 0 Å². The number of methoxy groups -OCH3 is 1. The predicted octanol–water partition coefficient (Wildman–Crippen LogP) is 0.962. The average Bonchev–Trinajstić information content (AvgIpc) is 3.00. The van der Waals surface area contributed by atoms with Crippen LogP contribution >= 0.6 is 22.9 Å².